The molecule has 2 aromatic carbocycles. The fourth-order valence-corrected chi connectivity index (χ4v) is 2.40. The topological polar surface area (TPSA) is 50.7 Å². The fraction of sp³-hybridized carbons (Fsp3) is 0.125. The second-order valence-corrected chi connectivity index (χ2v) is 5.79. The van der Waals surface area contributed by atoms with Crippen molar-refractivity contribution in [3.63, 3.8) is 0 Å². The van der Waals surface area contributed by atoms with Crippen molar-refractivity contribution in [2.24, 2.45) is 5.10 Å². The lowest BCUT2D eigenvalue weighted by atomic mass is 10.2. The Morgan fingerprint density at radius 3 is 2.55 bits per heavy atom. The minimum Gasteiger partial charge on any atom is -0.497 e. The minimum absolute atomic E-state index is 0.162. The molecule has 0 fully saturated rings. The van der Waals surface area contributed by atoms with Gasteiger partial charge in [0.05, 0.1) is 19.1 Å². The summed E-state index contributed by atoms with van der Waals surface area (Å²) in [6.07, 6.45) is 1.59. The minimum atomic E-state index is -0.162. The Balaban J connectivity index is 1.76. The van der Waals surface area contributed by atoms with Crippen molar-refractivity contribution in [1.29, 1.82) is 0 Å². The highest BCUT2D eigenvalue weighted by atomic mass is 35.5. The Morgan fingerprint density at radius 1 is 1.23 bits per heavy atom. The van der Waals surface area contributed by atoms with Gasteiger partial charge in [-0.05, 0) is 54.1 Å². The van der Waals surface area contributed by atoms with Crippen LogP contribution in [0, 0.1) is 0 Å². The highest BCUT2D eigenvalue weighted by Gasteiger charge is 2.01. The fourth-order valence-electron chi connectivity index (χ4n) is 1.58. The molecule has 4 nitrogen and oxygen atoms in total. The number of carbonyl (C=O) groups is 1. The lowest BCUT2D eigenvalue weighted by molar-refractivity contribution is -0.118. The Bertz CT molecular complexity index is 642. The maximum absolute atomic E-state index is 11.7. The number of nitrogens with one attached hydrogen (secondary N) is 1. The Morgan fingerprint density at radius 2 is 1.91 bits per heavy atom. The molecular formula is C16H15ClN2O2S. The largest absolute Gasteiger partial charge is 0.497 e. The lowest BCUT2D eigenvalue weighted by Gasteiger charge is -2.01. The van der Waals surface area contributed by atoms with Gasteiger partial charge >= 0.3 is 0 Å². The van der Waals surface area contributed by atoms with E-state index in [2.05, 4.69) is 10.5 Å². The molecule has 0 aliphatic rings. The molecule has 0 spiro atoms. The van der Waals surface area contributed by atoms with Crippen LogP contribution in [0.25, 0.3) is 0 Å². The molecule has 0 unspecified atom stereocenters. The van der Waals surface area contributed by atoms with E-state index in [9.17, 15) is 4.79 Å². The van der Waals surface area contributed by atoms with Crippen LogP contribution in [0.3, 0.4) is 0 Å². The SMILES string of the molecule is COc1ccc(/C=N\NC(=O)CSc2ccc(Cl)cc2)cc1. The summed E-state index contributed by atoms with van der Waals surface area (Å²) in [5.41, 5.74) is 3.37. The Labute approximate surface area is 138 Å². The smallest absolute Gasteiger partial charge is 0.250 e. The van der Waals surface area contributed by atoms with Gasteiger partial charge in [0, 0.05) is 9.92 Å². The molecular weight excluding hydrogens is 320 g/mol. The third-order valence-electron chi connectivity index (χ3n) is 2.70. The quantitative estimate of drug-likeness (QED) is 0.499. The van der Waals surface area contributed by atoms with E-state index in [4.69, 9.17) is 16.3 Å². The highest BCUT2D eigenvalue weighted by molar-refractivity contribution is 8.00. The van der Waals surface area contributed by atoms with Crippen LogP contribution < -0.4 is 10.2 Å². The maximum atomic E-state index is 11.7. The highest BCUT2D eigenvalue weighted by Crippen LogP contribution is 2.19. The number of hydrogen-bond acceptors (Lipinski definition) is 4. The number of thioether (sulfide) groups is 1. The number of carbonyl (C=O) groups excluding carboxylic acids is 1. The first-order chi connectivity index (χ1) is 10.7. The molecule has 1 amide bonds. The van der Waals surface area contributed by atoms with E-state index in [1.54, 1.807) is 25.5 Å². The van der Waals surface area contributed by atoms with Gasteiger partial charge in [-0.3, -0.25) is 4.79 Å². The van der Waals surface area contributed by atoms with Crippen molar-refractivity contribution in [2.45, 2.75) is 4.90 Å². The van der Waals surface area contributed by atoms with Gasteiger partial charge in [-0.25, -0.2) is 5.43 Å². The molecule has 0 aliphatic heterocycles. The first kappa shape index (κ1) is 16.4. The van der Waals surface area contributed by atoms with E-state index in [0.29, 0.717) is 10.8 Å². The van der Waals surface area contributed by atoms with Crippen molar-refractivity contribution in [1.82, 2.24) is 5.43 Å². The first-order valence-electron chi connectivity index (χ1n) is 6.52. The normalized spacial score (nSPS) is 10.6. The molecule has 0 atom stereocenters. The molecule has 1 N–H and O–H groups in total. The maximum Gasteiger partial charge on any atom is 0.250 e. The van der Waals surface area contributed by atoms with Crippen LogP contribution in [-0.4, -0.2) is 25.0 Å². The van der Waals surface area contributed by atoms with Gasteiger partial charge < -0.3 is 4.74 Å². The third kappa shape index (κ3) is 5.42. The van der Waals surface area contributed by atoms with Gasteiger partial charge in [0.25, 0.3) is 0 Å². The van der Waals surface area contributed by atoms with Crippen LogP contribution in [0.15, 0.2) is 58.5 Å². The van der Waals surface area contributed by atoms with Gasteiger partial charge in [-0.15, -0.1) is 11.8 Å². The summed E-state index contributed by atoms with van der Waals surface area (Å²) >= 11 is 7.23. The molecule has 22 heavy (non-hydrogen) atoms. The van der Waals surface area contributed by atoms with Crippen LogP contribution in [0.5, 0.6) is 5.75 Å². The Hall–Kier alpha value is -1.98. The summed E-state index contributed by atoms with van der Waals surface area (Å²) in [7, 11) is 1.61. The molecule has 0 saturated carbocycles. The first-order valence-corrected chi connectivity index (χ1v) is 7.88. The van der Waals surface area contributed by atoms with Crippen LogP contribution in [0.2, 0.25) is 5.02 Å². The zero-order chi connectivity index (χ0) is 15.8. The second-order valence-electron chi connectivity index (χ2n) is 4.31. The average molecular weight is 335 g/mol. The van der Waals surface area contributed by atoms with Crippen molar-refractivity contribution in [3.05, 3.63) is 59.1 Å². The second kappa shape index (κ2) is 8.46. The van der Waals surface area contributed by atoms with Crippen molar-refractivity contribution >= 4 is 35.5 Å². The van der Waals surface area contributed by atoms with Gasteiger partial charge in [0.2, 0.25) is 5.91 Å². The van der Waals surface area contributed by atoms with Gasteiger partial charge in [0.15, 0.2) is 0 Å². The number of benzene rings is 2. The van der Waals surface area contributed by atoms with E-state index in [1.807, 2.05) is 36.4 Å². The number of hydrogen-bond donors (Lipinski definition) is 1. The van der Waals surface area contributed by atoms with E-state index in [0.717, 1.165) is 16.2 Å². The number of halogens is 1. The molecule has 0 saturated heterocycles. The summed E-state index contributed by atoms with van der Waals surface area (Å²) in [6, 6.07) is 14.7. The zero-order valence-corrected chi connectivity index (χ0v) is 13.5. The van der Waals surface area contributed by atoms with E-state index in [-0.39, 0.29) is 5.91 Å². The van der Waals surface area contributed by atoms with Crippen molar-refractivity contribution in [3.8, 4) is 5.75 Å². The standard InChI is InChI=1S/C16H15ClN2O2S/c1-21-14-6-2-12(3-7-14)10-18-19-16(20)11-22-15-8-4-13(17)5-9-15/h2-10H,11H2,1H3,(H,19,20)/b18-10-. The number of methoxy groups -OCH3 is 1. The predicted octanol–water partition coefficient (Wildman–Crippen LogP) is 3.59. The number of hydrazone groups is 1. The number of ether oxygens (including phenoxy) is 1. The molecule has 114 valence electrons. The van der Waals surface area contributed by atoms with Gasteiger partial charge in [0.1, 0.15) is 5.75 Å². The van der Waals surface area contributed by atoms with Crippen LogP contribution in [0.1, 0.15) is 5.56 Å². The monoisotopic (exact) mass is 334 g/mol. The third-order valence-corrected chi connectivity index (χ3v) is 3.97. The van der Waals surface area contributed by atoms with E-state index >= 15 is 0 Å². The molecule has 0 bridgehead atoms. The van der Waals surface area contributed by atoms with Crippen LogP contribution in [0.4, 0.5) is 0 Å². The van der Waals surface area contributed by atoms with Crippen molar-refractivity contribution in [2.75, 3.05) is 12.9 Å². The molecule has 0 aromatic heterocycles. The summed E-state index contributed by atoms with van der Waals surface area (Å²) < 4.78 is 5.07. The van der Waals surface area contributed by atoms with Gasteiger partial charge in [-0.1, -0.05) is 11.6 Å². The molecule has 2 rings (SSSR count). The lowest BCUT2D eigenvalue weighted by Crippen LogP contribution is -2.19. The van der Waals surface area contributed by atoms with Crippen molar-refractivity contribution < 1.29 is 9.53 Å². The zero-order valence-electron chi connectivity index (χ0n) is 12.0. The predicted molar refractivity (Wildman–Crippen MR) is 90.9 cm³/mol. The van der Waals surface area contributed by atoms with E-state index in [1.165, 1.54) is 11.8 Å². The van der Waals surface area contributed by atoms with E-state index < -0.39 is 0 Å². The Kier molecular flexibility index (Phi) is 6.30. The number of nitrogens with zero attached hydrogens (tertiary/aromatic N) is 1. The summed E-state index contributed by atoms with van der Waals surface area (Å²) in [5.74, 6) is 0.909. The van der Waals surface area contributed by atoms with Gasteiger partial charge in [-0.2, -0.15) is 5.10 Å². The molecule has 6 heteroatoms. The summed E-state index contributed by atoms with van der Waals surface area (Å²) in [6.45, 7) is 0. The molecule has 2 aromatic rings. The number of amides is 1. The molecule has 0 radical (unpaired) electrons. The summed E-state index contributed by atoms with van der Waals surface area (Å²) in [5, 5.41) is 4.60. The molecule has 0 aliphatic carbocycles. The van der Waals surface area contributed by atoms with Crippen LogP contribution in [-0.2, 0) is 4.79 Å². The molecule has 0 heterocycles. The number of rotatable bonds is 6. The average Bonchev–Trinajstić information content (AvgIpc) is 2.55. The van der Waals surface area contributed by atoms with Crippen LogP contribution >= 0.6 is 23.4 Å². The summed E-state index contributed by atoms with van der Waals surface area (Å²) in [4.78, 5) is 12.7.